The van der Waals surface area contributed by atoms with Gasteiger partial charge in [-0.3, -0.25) is 25.5 Å². The van der Waals surface area contributed by atoms with Crippen LogP contribution in [0.4, 0.5) is 16.2 Å². The minimum atomic E-state index is -0.483. The van der Waals surface area contributed by atoms with E-state index in [4.69, 9.17) is 21.1 Å². The van der Waals surface area contributed by atoms with Gasteiger partial charge >= 0.3 is 6.03 Å². The molecule has 0 unspecified atom stereocenters. The average molecular weight is 568 g/mol. The fourth-order valence-corrected chi connectivity index (χ4v) is 4.19. The van der Waals surface area contributed by atoms with Crippen molar-refractivity contribution < 1.29 is 19.1 Å². The minimum absolute atomic E-state index is 0.244. The predicted molar refractivity (Wildman–Crippen MR) is 156 cm³/mol. The molecule has 1 saturated heterocycles. The van der Waals surface area contributed by atoms with Crippen LogP contribution in [0.15, 0.2) is 48.7 Å². The molecule has 40 heavy (non-hydrogen) atoms. The van der Waals surface area contributed by atoms with Crippen LogP contribution in [0.2, 0.25) is 5.02 Å². The first-order chi connectivity index (χ1) is 19.3. The van der Waals surface area contributed by atoms with E-state index in [1.54, 1.807) is 36.4 Å². The summed E-state index contributed by atoms with van der Waals surface area (Å²) in [7, 11) is 1.54. The quantitative estimate of drug-likeness (QED) is 0.233. The fourth-order valence-electron chi connectivity index (χ4n) is 4.04. The number of aromatic nitrogens is 1. The lowest BCUT2D eigenvalue weighted by molar-refractivity contribution is 0.0957. The summed E-state index contributed by atoms with van der Waals surface area (Å²) in [5, 5.41) is 9.27. The van der Waals surface area contributed by atoms with Crippen LogP contribution in [0.3, 0.4) is 0 Å². The van der Waals surface area contributed by atoms with Gasteiger partial charge in [0.25, 0.3) is 5.91 Å². The third kappa shape index (κ3) is 7.98. The Morgan fingerprint density at radius 2 is 1.80 bits per heavy atom. The molecule has 4 rings (SSSR count). The van der Waals surface area contributed by atoms with Gasteiger partial charge in [-0.05, 0) is 43.2 Å². The Bertz CT molecular complexity index is 1350. The number of hydrogen-bond donors (Lipinski definition) is 5. The van der Waals surface area contributed by atoms with Crippen molar-refractivity contribution in [2.75, 3.05) is 57.1 Å². The number of rotatable bonds is 10. The topological polar surface area (TPSA) is 129 Å². The van der Waals surface area contributed by atoms with Gasteiger partial charge in [-0.1, -0.05) is 17.7 Å². The summed E-state index contributed by atoms with van der Waals surface area (Å²) >= 11 is 6.34. The zero-order valence-corrected chi connectivity index (χ0v) is 23.5. The van der Waals surface area contributed by atoms with E-state index < -0.39 is 6.03 Å². The summed E-state index contributed by atoms with van der Waals surface area (Å²) < 4.78 is 11.9. The molecule has 1 aliphatic rings. The van der Waals surface area contributed by atoms with Gasteiger partial charge in [0.2, 0.25) is 0 Å². The summed E-state index contributed by atoms with van der Waals surface area (Å²) in [5.74, 6) is 1.16. The maximum Gasteiger partial charge on any atom is 0.337 e. The number of aryl methyl sites for hydroxylation is 2. The van der Waals surface area contributed by atoms with Gasteiger partial charge in [0.1, 0.15) is 29.5 Å². The maximum atomic E-state index is 12.8. The summed E-state index contributed by atoms with van der Waals surface area (Å²) in [5.41, 5.74) is 8.68. The van der Waals surface area contributed by atoms with Crippen molar-refractivity contribution in [2.45, 2.75) is 13.8 Å². The second kappa shape index (κ2) is 13.8. The largest absolute Gasteiger partial charge is 0.490 e. The van der Waals surface area contributed by atoms with Crippen LogP contribution in [0.25, 0.3) is 0 Å². The van der Waals surface area contributed by atoms with Crippen LogP contribution in [0, 0.1) is 13.8 Å². The number of piperazine rings is 1. The molecule has 0 atom stereocenters. The van der Waals surface area contributed by atoms with E-state index in [2.05, 4.69) is 36.7 Å². The molecule has 0 saturated carbocycles. The van der Waals surface area contributed by atoms with Gasteiger partial charge in [0.15, 0.2) is 0 Å². The van der Waals surface area contributed by atoms with Crippen LogP contribution in [0.1, 0.15) is 21.6 Å². The fraction of sp³-hybridized carbons (Fsp3) is 0.321. The van der Waals surface area contributed by atoms with Crippen molar-refractivity contribution in [1.82, 2.24) is 25.9 Å². The number of urea groups is 1. The third-order valence-corrected chi connectivity index (χ3v) is 6.74. The molecule has 5 N–H and O–H groups in total. The number of hydrogen-bond acceptors (Lipinski definition) is 8. The van der Waals surface area contributed by atoms with Gasteiger partial charge in [0, 0.05) is 69.2 Å². The van der Waals surface area contributed by atoms with Gasteiger partial charge in [-0.25, -0.2) is 4.79 Å². The van der Waals surface area contributed by atoms with Crippen molar-refractivity contribution in [1.29, 1.82) is 0 Å². The van der Waals surface area contributed by atoms with Crippen molar-refractivity contribution in [2.24, 2.45) is 0 Å². The molecule has 0 bridgehead atoms. The number of anilines is 2. The van der Waals surface area contributed by atoms with E-state index in [9.17, 15) is 9.59 Å². The molecule has 0 spiro atoms. The molecule has 2 aromatic carbocycles. The third-order valence-electron chi connectivity index (χ3n) is 6.33. The standard InChI is InChI=1S/C28H34ClN7O4/c1-18-4-5-20(40-21-6-7-32-25(16-21)27(37)30-3)15-23(18)34-35-28(38)33-24-14-19(2)22(29)17-26(24)39-13-12-36-10-8-31-9-11-36/h4-7,14-17,31,34H,8-13H2,1-3H3,(H,30,37)(H2,33,35,38). The van der Waals surface area contributed by atoms with Crippen molar-refractivity contribution in [3.8, 4) is 17.2 Å². The van der Waals surface area contributed by atoms with Crippen molar-refractivity contribution >= 4 is 34.9 Å². The highest BCUT2D eigenvalue weighted by Gasteiger charge is 2.14. The molecule has 0 radical (unpaired) electrons. The number of nitrogens with one attached hydrogen (secondary N) is 5. The SMILES string of the molecule is CNC(=O)c1cc(Oc2ccc(C)c(NNC(=O)Nc3cc(C)c(Cl)cc3OCCN3CCNCC3)c2)ccn1. The number of hydrazine groups is 1. The van der Waals surface area contributed by atoms with Crippen LogP contribution in [-0.4, -0.2) is 68.2 Å². The summed E-state index contributed by atoms with van der Waals surface area (Å²) in [6.45, 7) is 8.90. The van der Waals surface area contributed by atoms with Gasteiger partial charge < -0.3 is 25.4 Å². The van der Waals surface area contributed by atoms with Crippen molar-refractivity contribution in [3.05, 3.63) is 70.5 Å². The molecular formula is C28H34ClN7O4. The first kappa shape index (κ1) is 28.9. The molecule has 12 heteroatoms. The normalized spacial score (nSPS) is 13.3. The Hall–Kier alpha value is -4.06. The first-order valence-corrected chi connectivity index (χ1v) is 13.4. The average Bonchev–Trinajstić information content (AvgIpc) is 2.96. The summed E-state index contributed by atoms with van der Waals surface area (Å²) in [6, 6.07) is 11.6. The van der Waals surface area contributed by atoms with Gasteiger partial charge in [-0.2, -0.15) is 0 Å². The zero-order valence-electron chi connectivity index (χ0n) is 22.8. The summed E-state index contributed by atoms with van der Waals surface area (Å²) in [6.07, 6.45) is 1.50. The molecule has 11 nitrogen and oxygen atoms in total. The molecule has 1 aromatic heterocycles. The second-order valence-electron chi connectivity index (χ2n) is 9.28. The molecule has 212 valence electrons. The lowest BCUT2D eigenvalue weighted by Crippen LogP contribution is -2.44. The molecule has 3 amide bonds. The minimum Gasteiger partial charge on any atom is -0.490 e. The van der Waals surface area contributed by atoms with E-state index in [-0.39, 0.29) is 11.6 Å². The van der Waals surface area contributed by atoms with Crippen LogP contribution in [0.5, 0.6) is 17.2 Å². The first-order valence-electron chi connectivity index (χ1n) is 13.0. The van der Waals surface area contributed by atoms with Gasteiger partial charge in [0.05, 0.1) is 11.4 Å². The second-order valence-corrected chi connectivity index (χ2v) is 9.68. The Morgan fingerprint density at radius 3 is 2.58 bits per heavy atom. The zero-order chi connectivity index (χ0) is 28.5. The molecule has 1 fully saturated rings. The van der Waals surface area contributed by atoms with E-state index in [0.29, 0.717) is 40.3 Å². The van der Waals surface area contributed by atoms with Crippen LogP contribution >= 0.6 is 11.6 Å². The number of pyridine rings is 1. The number of carbonyl (C=O) groups excluding carboxylic acids is 2. The van der Waals surface area contributed by atoms with E-state index in [1.165, 1.54) is 13.2 Å². The number of benzene rings is 2. The number of carbonyl (C=O) groups is 2. The number of halogens is 1. The number of ether oxygens (including phenoxy) is 2. The lowest BCUT2D eigenvalue weighted by atomic mass is 10.2. The smallest absolute Gasteiger partial charge is 0.337 e. The monoisotopic (exact) mass is 567 g/mol. The Kier molecular flexibility index (Phi) is 10.0. The molecule has 0 aliphatic carbocycles. The molecule has 2 heterocycles. The van der Waals surface area contributed by atoms with Crippen LogP contribution < -0.4 is 36.3 Å². The van der Waals surface area contributed by atoms with Crippen LogP contribution in [-0.2, 0) is 0 Å². The highest BCUT2D eigenvalue weighted by Crippen LogP contribution is 2.31. The van der Waals surface area contributed by atoms with E-state index in [1.807, 2.05) is 19.9 Å². The maximum absolute atomic E-state index is 12.8. The van der Waals surface area contributed by atoms with E-state index >= 15 is 0 Å². The molecule has 1 aliphatic heterocycles. The lowest BCUT2D eigenvalue weighted by Gasteiger charge is -2.27. The Morgan fingerprint density at radius 1 is 1.02 bits per heavy atom. The van der Waals surface area contributed by atoms with E-state index in [0.717, 1.165) is 43.9 Å². The highest BCUT2D eigenvalue weighted by atomic mass is 35.5. The summed E-state index contributed by atoms with van der Waals surface area (Å²) in [4.78, 5) is 31.0. The molecule has 3 aromatic rings. The predicted octanol–water partition coefficient (Wildman–Crippen LogP) is 3.94. The number of amides is 3. The van der Waals surface area contributed by atoms with Gasteiger partial charge in [-0.15, -0.1) is 0 Å². The highest BCUT2D eigenvalue weighted by molar-refractivity contribution is 6.31. The molecular weight excluding hydrogens is 534 g/mol. The Labute approximate surface area is 238 Å². The number of nitrogens with zero attached hydrogens (tertiary/aromatic N) is 2. The Balaban J connectivity index is 1.37. The van der Waals surface area contributed by atoms with Crippen molar-refractivity contribution in [3.63, 3.8) is 0 Å².